The van der Waals surface area contributed by atoms with E-state index in [-0.39, 0.29) is 24.5 Å². The van der Waals surface area contributed by atoms with Crippen molar-refractivity contribution in [1.29, 1.82) is 0 Å². The number of thioether (sulfide) groups is 1. The van der Waals surface area contributed by atoms with E-state index in [0.717, 1.165) is 23.4 Å². The molecule has 0 aliphatic rings. The van der Waals surface area contributed by atoms with E-state index in [1.165, 1.54) is 23.9 Å². The minimum Gasteiger partial charge on any atom is -0.313 e. The Morgan fingerprint density at radius 2 is 2.00 bits per heavy atom. The fourth-order valence-electron chi connectivity index (χ4n) is 1.88. The second kappa shape index (κ2) is 9.09. The molecule has 0 radical (unpaired) electrons. The summed E-state index contributed by atoms with van der Waals surface area (Å²) in [6, 6.07) is 5.62. The number of tetrazole rings is 1. The summed E-state index contributed by atoms with van der Waals surface area (Å²) >= 11 is 1.51. The highest BCUT2D eigenvalue weighted by Crippen LogP contribution is 2.31. The standard InChI is InChI=1S/C13H16F3N5S.ClH/c1-21-12(18-19-20-21)22-8-4-7-17-9-10-5-2-3-6-11(10)13(14,15)16;/h2-3,5-6,17H,4,7-9H2,1H3;1H. The van der Waals surface area contributed by atoms with Crippen LogP contribution in [0.2, 0.25) is 0 Å². The highest BCUT2D eigenvalue weighted by molar-refractivity contribution is 7.99. The molecule has 1 N–H and O–H groups in total. The SMILES string of the molecule is Cl.Cn1nnnc1SCCCNCc1ccccc1C(F)(F)F. The molecule has 1 aromatic carbocycles. The number of nitrogens with zero attached hydrogens (tertiary/aromatic N) is 4. The number of alkyl halides is 3. The molecule has 2 rings (SSSR count). The predicted octanol–water partition coefficient (Wildman–Crippen LogP) is 2.92. The normalized spacial score (nSPS) is 11.3. The number of rotatable bonds is 7. The topological polar surface area (TPSA) is 55.6 Å². The summed E-state index contributed by atoms with van der Waals surface area (Å²) in [4.78, 5) is 0. The highest BCUT2D eigenvalue weighted by atomic mass is 35.5. The lowest BCUT2D eigenvalue weighted by atomic mass is 10.1. The maximum Gasteiger partial charge on any atom is 0.416 e. The van der Waals surface area contributed by atoms with Crippen molar-refractivity contribution in [2.75, 3.05) is 12.3 Å². The number of hydrogen-bond donors (Lipinski definition) is 1. The van der Waals surface area contributed by atoms with Crippen LogP contribution in [-0.4, -0.2) is 32.5 Å². The van der Waals surface area contributed by atoms with E-state index in [9.17, 15) is 13.2 Å². The van der Waals surface area contributed by atoms with Crippen LogP contribution in [0, 0.1) is 0 Å². The molecule has 0 fully saturated rings. The zero-order valence-corrected chi connectivity index (χ0v) is 14.0. The monoisotopic (exact) mass is 367 g/mol. The first-order valence-corrected chi connectivity index (χ1v) is 7.68. The molecule has 0 unspecified atom stereocenters. The van der Waals surface area contributed by atoms with Gasteiger partial charge in [-0.05, 0) is 35.0 Å². The van der Waals surface area contributed by atoms with Crippen LogP contribution in [0.5, 0.6) is 0 Å². The van der Waals surface area contributed by atoms with Crippen molar-refractivity contribution in [1.82, 2.24) is 25.5 Å². The lowest BCUT2D eigenvalue weighted by Gasteiger charge is -2.13. The molecular weight excluding hydrogens is 351 g/mol. The van der Waals surface area contributed by atoms with Crippen LogP contribution in [0.15, 0.2) is 29.4 Å². The highest BCUT2D eigenvalue weighted by Gasteiger charge is 2.32. The number of halogens is 4. The quantitative estimate of drug-likeness (QED) is 0.602. The summed E-state index contributed by atoms with van der Waals surface area (Å²) in [7, 11) is 1.76. The first kappa shape index (κ1) is 19.7. The summed E-state index contributed by atoms with van der Waals surface area (Å²) in [5.41, 5.74) is -0.317. The Kier molecular flexibility index (Phi) is 7.80. The molecule has 10 heteroatoms. The molecule has 0 bridgehead atoms. The maximum atomic E-state index is 12.8. The number of nitrogens with one attached hydrogen (secondary N) is 1. The van der Waals surface area contributed by atoms with Crippen molar-refractivity contribution in [3.63, 3.8) is 0 Å². The van der Waals surface area contributed by atoms with Crippen molar-refractivity contribution in [3.05, 3.63) is 35.4 Å². The van der Waals surface area contributed by atoms with Gasteiger partial charge in [-0.3, -0.25) is 0 Å². The van der Waals surface area contributed by atoms with Crippen LogP contribution in [0.1, 0.15) is 17.5 Å². The molecule has 23 heavy (non-hydrogen) atoms. The summed E-state index contributed by atoms with van der Waals surface area (Å²) in [5, 5.41) is 14.8. The summed E-state index contributed by atoms with van der Waals surface area (Å²) in [6.45, 7) is 0.830. The van der Waals surface area contributed by atoms with E-state index >= 15 is 0 Å². The van der Waals surface area contributed by atoms with Gasteiger partial charge in [0.2, 0.25) is 5.16 Å². The second-order valence-electron chi connectivity index (χ2n) is 4.62. The van der Waals surface area contributed by atoms with Crippen LogP contribution in [0.3, 0.4) is 0 Å². The van der Waals surface area contributed by atoms with Crippen LogP contribution in [0.4, 0.5) is 13.2 Å². The fourth-order valence-corrected chi connectivity index (χ4v) is 2.67. The second-order valence-corrected chi connectivity index (χ2v) is 5.68. The largest absolute Gasteiger partial charge is 0.416 e. The first-order chi connectivity index (χ1) is 10.5. The lowest BCUT2D eigenvalue weighted by Crippen LogP contribution is -2.19. The Hall–Kier alpha value is -1.32. The smallest absolute Gasteiger partial charge is 0.313 e. The van der Waals surface area contributed by atoms with E-state index in [2.05, 4.69) is 20.8 Å². The van der Waals surface area contributed by atoms with Gasteiger partial charge in [0.1, 0.15) is 0 Å². The van der Waals surface area contributed by atoms with Crippen molar-refractivity contribution >= 4 is 24.2 Å². The van der Waals surface area contributed by atoms with Gasteiger partial charge in [-0.25, -0.2) is 4.68 Å². The van der Waals surface area contributed by atoms with Crippen molar-refractivity contribution in [2.45, 2.75) is 24.3 Å². The van der Waals surface area contributed by atoms with E-state index in [1.807, 2.05) is 0 Å². The average Bonchev–Trinajstić information content (AvgIpc) is 2.87. The van der Waals surface area contributed by atoms with Crippen LogP contribution in [-0.2, 0) is 19.8 Å². The van der Waals surface area contributed by atoms with Crippen LogP contribution in [0.25, 0.3) is 0 Å². The summed E-state index contributed by atoms with van der Waals surface area (Å²) in [5.74, 6) is 0.794. The molecular formula is C13H17ClF3N5S. The van der Waals surface area contributed by atoms with Gasteiger partial charge in [-0.2, -0.15) is 13.2 Å². The van der Waals surface area contributed by atoms with Crippen LogP contribution >= 0.6 is 24.2 Å². The van der Waals surface area contributed by atoms with Crippen molar-refractivity contribution in [3.8, 4) is 0 Å². The summed E-state index contributed by atoms with van der Waals surface area (Å²) < 4.78 is 40.0. The van der Waals surface area contributed by atoms with Gasteiger partial charge in [0, 0.05) is 19.3 Å². The summed E-state index contributed by atoms with van der Waals surface area (Å²) in [6.07, 6.45) is -3.50. The molecule has 0 saturated carbocycles. The number of benzene rings is 1. The van der Waals surface area contributed by atoms with E-state index < -0.39 is 11.7 Å². The Balaban J connectivity index is 0.00000264. The van der Waals surface area contributed by atoms with Crippen molar-refractivity contribution < 1.29 is 13.2 Å². The van der Waals surface area contributed by atoms with Gasteiger partial charge in [-0.15, -0.1) is 17.5 Å². The molecule has 0 aliphatic heterocycles. The fraction of sp³-hybridized carbons (Fsp3) is 0.462. The Morgan fingerprint density at radius 3 is 2.65 bits per heavy atom. The predicted molar refractivity (Wildman–Crippen MR) is 84.5 cm³/mol. The Bertz CT molecular complexity index is 605. The molecule has 1 aromatic heterocycles. The van der Waals surface area contributed by atoms with Gasteiger partial charge >= 0.3 is 6.18 Å². The molecule has 5 nitrogen and oxygen atoms in total. The van der Waals surface area contributed by atoms with Gasteiger partial charge < -0.3 is 5.32 Å². The number of hydrogen-bond acceptors (Lipinski definition) is 5. The molecule has 128 valence electrons. The zero-order valence-electron chi connectivity index (χ0n) is 12.4. The molecule has 2 aromatic rings. The van der Waals surface area contributed by atoms with Crippen molar-refractivity contribution in [2.24, 2.45) is 7.05 Å². The minimum atomic E-state index is -4.31. The third-order valence-corrected chi connectivity index (χ3v) is 4.05. The molecule has 0 saturated heterocycles. The molecule has 0 spiro atoms. The Labute approximate surface area is 142 Å². The van der Waals surface area contributed by atoms with Gasteiger partial charge in [0.05, 0.1) is 5.56 Å². The molecule has 0 aliphatic carbocycles. The molecule has 0 amide bonds. The van der Waals surface area contributed by atoms with Gasteiger partial charge in [0.25, 0.3) is 0 Å². The molecule has 0 atom stereocenters. The van der Waals surface area contributed by atoms with Gasteiger partial charge in [-0.1, -0.05) is 30.0 Å². The Morgan fingerprint density at radius 1 is 1.26 bits per heavy atom. The third kappa shape index (κ3) is 6.00. The number of aromatic nitrogens is 4. The first-order valence-electron chi connectivity index (χ1n) is 6.69. The van der Waals surface area contributed by atoms with Gasteiger partial charge in [0.15, 0.2) is 0 Å². The van der Waals surface area contributed by atoms with Crippen LogP contribution < -0.4 is 5.32 Å². The minimum absolute atomic E-state index is 0. The van der Waals surface area contributed by atoms with E-state index in [0.29, 0.717) is 6.54 Å². The maximum absolute atomic E-state index is 12.8. The molecule has 1 heterocycles. The zero-order chi connectivity index (χ0) is 16.0. The third-order valence-electron chi connectivity index (χ3n) is 2.95. The van der Waals surface area contributed by atoms with E-state index in [1.54, 1.807) is 17.8 Å². The number of aryl methyl sites for hydroxylation is 1. The van der Waals surface area contributed by atoms with E-state index in [4.69, 9.17) is 0 Å². The average molecular weight is 368 g/mol. The lowest BCUT2D eigenvalue weighted by molar-refractivity contribution is -0.138.